The van der Waals surface area contributed by atoms with Crippen LogP contribution in [0.15, 0.2) is 48.8 Å². The smallest absolute Gasteiger partial charge is 0.312 e. The zero-order chi connectivity index (χ0) is 26.3. The zero-order valence-corrected chi connectivity index (χ0v) is 21.7. The van der Waals surface area contributed by atoms with Crippen molar-refractivity contribution in [3.63, 3.8) is 0 Å². The summed E-state index contributed by atoms with van der Waals surface area (Å²) in [7, 11) is 0. The molecule has 1 spiro atoms. The fourth-order valence-corrected chi connectivity index (χ4v) is 5.31. The molecule has 2 saturated heterocycles. The second-order valence-electron chi connectivity index (χ2n) is 10.5. The number of nitrogens with zero attached hydrogens (tertiary/aromatic N) is 3. The molecule has 2 aromatic rings. The number of carbonyl (C=O) groups is 2. The Kier molecular flexibility index (Phi) is 9.29. The number of hydrogen-bond acceptors (Lipinski definition) is 7. The lowest BCUT2D eigenvalue weighted by molar-refractivity contribution is -0.165. The van der Waals surface area contributed by atoms with Gasteiger partial charge in [0.1, 0.15) is 12.7 Å². The van der Waals surface area contributed by atoms with Crippen LogP contribution < -0.4 is 0 Å². The monoisotopic (exact) mass is 509 g/mol. The van der Waals surface area contributed by atoms with Crippen molar-refractivity contribution in [1.82, 2.24) is 14.8 Å². The van der Waals surface area contributed by atoms with E-state index in [1.165, 1.54) is 5.56 Å². The van der Waals surface area contributed by atoms with Crippen LogP contribution in [0.3, 0.4) is 0 Å². The van der Waals surface area contributed by atoms with Crippen molar-refractivity contribution in [1.29, 1.82) is 0 Å². The molecule has 0 radical (unpaired) electrons. The first kappa shape index (κ1) is 27.2. The molecule has 2 aliphatic heterocycles. The van der Waals surface area contributed by atoms with Crippen LogP contribution in [0.2, 0.25) is 0 Å². The second kappa shape index (κ2) is 12.6. The summed E-state index contributed by atoms with van der Waals surface area (Å²) in [6.45, 7) is 4.97. The van der Waals surface area contributed by atoms with Crippen molar-refractivity contribution < 1.29 is 24.5 Å². The number of rotatable bonds is 3. The fraction of sp³-hybridized carbons (Fsp3) is 0.552. The molecule has 2 aliphatic rings. The molecule has 1 aromatic carbocycles. The Labute approximate surface area is 219 Å². The van der Waals surface area contributed by atoms with Crippen LogP contribution in [-0.2, 0) is 16.1 Å². The van der Waals surface area contributed by atoms with E-state index in [4.69, 9.17) is 4.74 Å². The predicted octanol–water partition coefficient (Wildman–Crippen LogP) is 2.95. The number of likely N-dealkylation sites (tertiary alicyclic amines) is 1. The van der Waals surface area contributed by atoms with Gasteiger partial charge in [0.05, 0.1) is 11.5 Å². The van der Waals surface area contributed by atoms with Crippen molar-refractivity contribution in [2.45, 2.75) is 64.2 Å². The molecule has 37 heavy (non-hydrogen) atoms. The first-order valence-electron chi connectivity index (χ1n) is 13.4. The number of piperidine rings is 1. The number of pyridine rings is 1. The third-order valence-corrected chi connectivity index (χ3v) is 7.84. The van der Waals surface area contributed by atoms with Gasteiger partial charge in [0.15, 0.2) is 0 Å². The van der Waals surface area contributed by atoms with E-state index in [0.29, 0.717) is 37.9 Å². The molecule has 2 atom stereocenters. The first-order chi connectivity index (χ1) is 17.9. The highest BCUT2D eigenvalue weighted by atomic mass is 16.5. The number of esters is 1. The molecule has 8 heteroatoms. The minimum Gasteiger partial charge on any atom is -0.462 e. The molecular weight excluding hydrogens is 470 g/mol. The summed E-state index contributed by atoms with van der Waals surface area (Å²) in [5, 5.41) is 21.0. The van der Waals surface area contributed by atoms with E-state index < -0.39 is 17.6 Å². The Balaban J connectivity index is 1.43. The topological polar surface area (TPSA) is 103 Å². The number of aliphatic hydroxyl groups is 2. The molecule has 8 nitrogen and oxygen atoms in total. The molecule has 4 rings (SSSR count). The Morgan fingerprint density at radius 1 is 0.973 bits per heavy atom. The normalized spacial score (nSPS) is 24.0. The molecule has 200 valence electrons. The highest BCUT2D eigenvalue weighted by molar-refractivity contribution is 5.94. The number of aromatic nitrogens is 1. The fourth-order valence-electron chi connectivity index (χ4n) is 5.31. The standard InChI is InChI=1S/C29H39N3O5/c1-22-4-6-24(7-5-22)27(35)32-16-3-2-11-29(28(36)37-21-26(34)25(33)10-17-32)12-18-31(19-13-29)20-23-8-14-30-15-9-23/h4-9,14-15,25-26,33-34H,2-3,10-13,16-21H2,1H3/t25-,26+/m0/s1. The van der Waals surface area contributed by atoms with E-state index in [1.54, 1.807) is 17.3 Å². The van der Waals surface area contributed by atoms with Crippen LogP contribution in [0.4, 0.5) is 0 Å². The number of hydrogen-bond donors (Lipinski definition) is 2. The quantitative estimate of drug-likeness (QED) is 0.613. The Bertz CT molecular complexity index is 1020. The lowest BCUT2D eigenvalue weighted by Gasteiger charge is -2.40. The van der Waals surface area contributed by atoms with Gasteiger partial charge in [-0.05, 0) is 81.9 Å². The minimum absolute atomic E-state index is 0.0805. The highest BCUT2D eigenvalue weighted by Crippen LogP contribution is 2.38. The van der Waals surface area contributed by atoms with Gasteiger partial charge < -0.3 is 19.8 Å². The van der Waals surface area contributed by atoms with Gasteiger partial charge in [0, 0.05) is 37.6 Å². The SMILES string of the molecule is Cc1ccc(C(=O)N2CCCCC3(CCN(Cc4ccncc4)CC3)C(=O)OC[C@@H](O)[C@@H](O)CC2)cc1. The molecule has 0 aliphatic carbocycles. The molecule has 2 N–H and O–H groups in total. The Morgan fingerprint density at radius 2 is 1.68 bits per heavy atom. The number of amides is 1. The van der Waals surface area contributed by atoms with Crippen LogP contribution in [0, 0.1) is 12.3 Å². The number of aryl methyl sites for hydroxylation is 1. The lowest BCUT2D eigenvalue weighted by Crippen LogP contribution is -2.45. The number of cyclic esters (lactones) is 1. The Morgan fingerprint density at radius 3 is 2.38 bits per heavy atom. The lowest BCUT2D eigenvalue weighted by atomic mass is 9.74. The zero-order valence-electron chi connectivity index (χ0n) is 21.7. The summed E-state index contributed by atoms with van der Waals surface area (Å²) < 4.78 is 5.58. The minimum atomic E-state index is -1.19. The van der Waals surface area contributed by atoms with Crippen LogP contribution in [0.25, 0.3) is 0 Å². The van der Waals surface area contributed by atoms with Gasteiger partial charge in [-0.2, -0.15) is 0 Å². The number of carbonyl (C=O) groups excluding carboxylic acids is 2. The van der Waals surface area contributed by atoms with Gasteiger partial charge in [0.2, 0.25) is 0 Å². The summed E-state index contributed by atoms with van der Waals surface area (Å²) in [6, 6.07) is 11.5. The van der Waals surface area contributed by atoms with Crippen LogP contribution in [0.5, 0.6) is 0 Å². The van der Waals surface area contributed by atoms with E-state index >= 15 is 0 Å². The van der Waals surface area contributed by atoms with E-state index in [-0.39, 0.29) is 24.9 Å². The maximum Gasteiger partial charge on any atom is 0.312 e. The summed E-state index contributed by atoms with van der Waals surface area (Å²) in [6.07, 6.45) is 5.12. The van der Waals surface area contributed by atoms with E-state index in [1.807, 2.05) is 43.3 Å². The van der Waals surface area contributed by atoms with Crippen LogP contribution in [-0.4, -0.2) is 81.9 Å². The molecule has 1 aromatic heterocycles. The predicted molar refractivity (Wildman–Crippen MR) is 140 cm³/mol. The molecule has 0 unspecified atom stereocenters. The van der Waals surface area contributed by atoms with Gasteiger partial charge in [0.25, 0.3) is 5.91 Å². The largest absolute Gasteiger partial charge is 0.462 e. The summed E-state index contributed by atoms with van der Waals surface area (Å²) >= 11 is 0. The van der Waals surface area contributed by atoms with Crippen molar-refractivity contribution in [3.05, 3.63) is 65.5 Å². The van der Waals surface area contributed by atoms with Gasteiger partial charge >= 0.3 is 5.97 Å². The first-order valence-corrected chi connectivity index (χ1v) is 13.4. The molecular formula is C29H39N3O5. The van der Waals surface area contributed by atoms with Gasteiger partial charge in [-0.25, -0.2) is 0 Å². The Hall–Kier alpha value is -2.81. The molecule has 1 amide bonds. The average Bonchev–Trinajstić information content (AvgIpc) is 2.92. The second-order valence-corrected chi connectivity index (χ2v) is 10.5. The van der Waals surface area contributed by atoms with Crippen molar-refractivity contribution >= 4 is 11.9 Å². The number of benzene rings is 1. The third-order valence-electron chi connectivity index (χ3n) is 7.84. The van der Waals surface area contributed by atoms with Crippen molar-refractivity contribution in [2.24, 2.45) is 5.41 Å². The number of aliphatic hydroxyl groups excluding tert-OH is 2. The van der Waals surface area contributed by atoms with E-state index in [0.717, 1.165) is 38.0 Å². The maximum absolute atomic E-state index is 13.3. The summed E-state index contributed by atoms with van der Waals surface area (Å²) in [5.74, 6) is -0.364. The molecule has 0 saturated carbocycles. The van der Waals surface area contributed by atoms with Crippen molar-refractivity contribution in [2.75, 3.05) is 32.8 Å². The summed E-state index contributed by atoms with van der Waals surface area (Å²) in [4.78, 5) is 34.7. The molecule has 2 fully saturated rings. The third kappa shape index (κ3) is 7.15. The van der Waals surface area contributed by atoms with Crippen molar-refractivity contribution in [3.8, 4) is 0 Å². The van der Waals surface area contributed by atoms with Crippen LogP contribution >= 0.6 is 0 Å². The van der Waals surface area contributed by atoms with Gasteiger partial charge in [-0.1, -0.05) is 24.1 Å². The van der Waals surface area contributed by atoms with Crippen LogP contribution in [0.1, 0.15) is 60.0 Å². The summed E-state index contributed by atoms with van der Waals surface area (Å²) in [5.41, 5.74) is 2.28. The van der Waals surface area contributed by atoms with Gasteiger partial charge in [-0.15, -0.1) is 0 Å². The number of ether oxygens (including phenoxy) is 1. The average molecular weight is 510 g/mol. The van der Waals surface area contributed by atoms with E-state index in [2.05, 4.69) is 9.88 Å². The molecule has 0 bridgehead atoms. The highest BCUT2D eigenvalue weighted by Gasteiger charge is 2.42. The van der Waals surface area contributed by atoms with Gasteiger partial charge in [-0.3, -0.25) is 19.5 Å². The molecule has 3 heterocycles. The van der Waals surface area contributed by atoms with E-state index in [9.17, 15) is 19.8 Å². The maximum atomic E-state index is 13.3.